The van der Waals surface area contributed by atoms with E-state index >= 15 is 0 Å². The van der Waals surface area contributed by atoms with E-state index in [9.17, 15) is 9.59 Å². The number of pyridine rings is 2. The van der Waals surface area contributed by atoms with Crippen LogP contribution in [0.4, 0.5) is 10.6 Å². The van der Waals surface area contributed by atoms with Crippen molar-refractivity contribution in [3.8, 4) is 22.8 Å². The molecule has 3 heterocycles. The topological polar surface area (TPSA) is 111 Å². The summed E-state index contributed by atoms with van der Waals surface area (Å²) in [6, 6.07) is 5.72. The number of aryl methyl sites for hydroxylation is 1. The van der Waals surface area contributed by atoms with E-state index in [-0.39, 0.29) is 11.7 Å². The molecule has 0 unspecified atom stereocenters. The van der Waals surface area contributed by atoms with Gasteiger partial charge in [0.25, 0.3) is 0 Å². The molecular formula is C19H20N6O3. The molecule has 0 fully saturated rings. The lowest BCUT2D eigenvalue weighted by Gasteiger charge is -2.09. The molecule has 144 valence electrons. The van der Waals surface area contributed by atoms with Crippen LogP contribution in [0.5, 0.6) is 11.5 Å². The zero-order chi connectivity index (χ0) is 22.6. The maximum Gasteiger partial charge on any atom is 0.327 e. The van der Waals surface area contributed by atoms with Crippen LogP contribution in [0.15, 0.2) is 49.1 Å². The summed E-state index contributed by atoms with van der Waals surface area (Å²) in [6.45, 7) is 0.987. The highest BCUT2D eigenvalue weighted by Gasteiger charge is 2.12. The number of urea groups is 1. The van der Waals surface area contributed by atoms with Crippen molar-refractivity contribution in [2.24, 2.45) is 12.9 Å². The third-order valence-electron chi connectivity index (χ3n) is 3.58. The van der Waals surface area contributed by atoms with Crippen LogP contribution < -0.4 is 15.4 Å². The van der Waals surface area contributed by atoms with Crippen molar-refractivity contribution < 1.29 is 18.4 Å². The van der Waals surface area contributed by atoms with Gasteiger partial charge in [-0.3, -0.25) is 25.1 Å². The van der Waals surface area contributed by atoms with E-state index in [2.05, 4.69) is 25.7 Å². The van der Waals surface area contributed by atoms with Gasteiger partial charge >= 0.3 is 6.03 Å². The molecule has 0 bridgehead atoms. The molecule has 9 heteroatoms. The number of carbonyl (C=O) groups is 2. The Morgan fingerprint density at radius 1 is 1.18 bits per heavy atom. The predicted molar refractivity (Wildman–Crippen MR) is 103 cm³/mol. The molecule has 0 radical (unpaired) electrons. The van der Waals surface area contributed by atoms with Crippen LogP contribution in [0.3, 0.4) is 0 Å². The maximum absolute atomic E-state index is 11.8. The fourth-order valence-electron chi connectivity index (χ4n) is 2.14. The number of ether oxygens (including phenoxy) is 1. The number of anilines is 1. The van der Waals surface area contributed by atoms with Crippen LogP contribution in [-0.2, 0) is 11.8 Å². The summed E-state index contributed by atoms with van der Waals surface area (Å²) in [6.07, 6.45) is 5.73. The molecule has 3 amide bonds. The van der Waals surface area contributed by atoms with Gasteiger partial charge in [-0.05, 0) is 18.2 Å². The molecule has 3 aromatic rings. The second kappa shape index (κ2) is 8.30. The summed E-state index contributed by atoms with van der Waals surface area (Å²) < 4.78 is 28.8. The molecular weight excluding hydrogens is 360 g/mol. The Hall–Kier alpha value is -3.75. The van der Waals surface area contributed by atoms with Gasteiger partial charge in [-0.15, -0.1) is 0 Å². The second-order valence-electron chi connectivity index (χ2n) is 6.13. The zero-order valence-electron chi connectivity index (χ0n) is 18.2. The number of hydrogen-bond acceptors (Lipinski definition) is 6. The average molecular weight is 383 g/mol. The van der Waals surface area contributed by atoms with Crippen LogP contribution in [0.25, 0.3) is 11.3 Å². The van der Waals surface area contributed by atoms with Crippen LogP contribution in [0.1, 0.15) is 18.0 Å². The number of nitrogens with zero attached hydrogens (tertiary/aromatic N) is 4. The standard InChI is InChI=1S/C19H20N6O3/c1-12(2)18(26)24-19(27)23-17-5-4-15(10-21-17)28-14-6-7-20-16(8-14)13-9-22-25(3)11-13/h4-12H,1-3H3,(H2,21,23,24,26,27)/i3D3. The second-order valence-corrected chi connectivity index (χ2v) is 6.13. The third kappa shape index (κ3) is 4.91. The molecule has 2 N–H and O–H groups in total. The minimum absolute atomic E-state index is 0.244. The third-order valence-corrected chi connectivity index (χ3v) is 3.58. The van der Waals surface area contributed by atoms with E-state index in [0.717, 1.165) is 4.68 Å². The Kier molecular flexibility index (Phi) is 4.54. The summed E-state index contributed by atoms with van der Waals surface area (Å²) in [5.41, 5.74) is 1.02. The van der Waals surface area contributed by atoms with E-state index < -0.39 is 18.9 Å². The van der Waals surface area contributed by atoms with Crippen LogP contribution in [0.2, 0.25) is 0 Å². The van der Waals surface area contributed by atoms with Crippen LogP contribution in [-0.4, -0.2) is 31.7 Å². The van der Waals surface area contributed by atoms with Crippen LogP contribution >= 0.6 is 0 Å². The summed E-state index contributed by atoms with van der Waals surface area (Å²) in [7, 11) is 0. The van der Waals surface area contributed by atoms with E-state index in [1.165, 1.54) is 30.9 Å². The number of aromatic nitrogens is 4. The lowest BCUT2D eigenvalue weighted by molar-refractivity contribution is -0.122. The van der Waals surface area contributed by atoms with Gasteiger partial charge in [0.1, 0.15) is 17.3 Å². The zero-order valence-corrected chi connectivity index (χ0v) is 15.2. The number of carbonyl (C=O) groups excluding carboxylic acids is 2. The maximum atomic E-state index is 11.8. The Morgan fingerprint density at radius 3 is 2.71 bits per heavy atom. The van der Waals surface area contributed by atoms with E-state index in [1.54, 1.807) is 32.0 Å². The minimum Gasteiger partial charge on any atom is -0.456 e. The lowest BCUT2D eigenvalue weighted by Crippen LogP contribution is -2.37. The normalized spacial score (nSPS) is 12.6. The van der Waals surface area contributed by atoms with Crippen molar-refractivity contribution in [2.75, 3.05) is 5.32 Å². The van der Waals surface area contributed by atoms with Gasteiger partial charge in [0.15, 0.2) is 0 Å². The largest absolute Gasteiger partial charge is 0.456 e. The summed E-state index contributed by atoms with van der Waals surface area (Å²) in [4.78, 5) is 31.6. The SMILES string of the molecule is [2H]C([2H])([2H])n1cc(-c2cc(Oc3ccc(NC(=O)NC(=O)C(C)C)nc3)ccn2)cn1. The number of imide groups is 1. The highest BCUT2D eigenvalue weighted by atomic mass is 16.5. The quantitative estimate of drug-likeness (QED) is 0.701. The number of hydrogen-bond donors (Lipinski definition) is 2. The van der Waals surface area contributed by atoms with E-state index in [0.29, 0.717) is 22.8 Å². The van der Waals surface area contributed by atoms with Gasteiger partial charge in [0.2, 0.25) is 5.91 Å². The van der Waals surface area contributed by atoms with Gasteiger partial charge in [-0.1, -0.05) is 13.8 Å². The number of rotatable bonds is 5. The van der Waals surface area contributed by atoms with Crippen molar-refractivity contribution >= 4 is 17.8 Å². The van der Waals surface area contributed by atoms with Crippen molar-refractivity contribution in [3.63, 3.8) is 0 Å². The van der Waals surface area contributed by atoms with Crippen molar-refractivity contribution in [2.45, 2.75) is 13.8 Å². The molecule has 0 saturated carbocycles. The fourth-order valence-corrected chi connectivity index (χ4v) is 2.14. The molecule has 28 heavy (non-hydrogen) atoms. The minimum atomic E-state index is -2.37. The Morgan fingerprint density at radius 2 is 2.04 bits per heavy atom. The monoisotopic (exact) mass is 383 g/mol. The fraction of sp³-hybridized carbons (Fsp3) is 0.211. The summed E-state index contributed by atoms with van der Waals surface area (Å²) in [5.74, 6) is 0.390. The first-order chi connectivity index (χ1) is 14.6. The van der Waals surface area contributed by atoms with E-state index in [1.807, 2.05) is 0 Å². The number of nitrogens with one attached hydrogen (secondary N) is 2. The molecule has 0 aliphatic heterocycles. The lowest BCUT2D eigenvalue weighted by atomic mass is 10.2. The Labute approximate surface area is 166 Å². The Bertz CT molecular complexity index is 1080. The Balaban J connectivity index is 1.65. The molecule has 0 aliphatic carbocycles. The van der Waals surface area contributed by atoms with Gasteiger partial charge in [-0.2, -0.15) is 5.10 Å². The van der Waals surface area contributed by atoms with Crippen molar-refractivity contribution in [1.82, 2.24) is 25.1 Å². The predicted octanol–water partition coefficient (Wildman–Crippen LogP) is 2.97. The highest BCUT2D eigenvalue weighted by Crippen LogP contribution is 2.25. The van der Waals surface area contributed by atoms with Crippen molar-refractivity contribution in [1.29, 1.82) is 0 Å². The molecule has 0 aliphatic rings. The molecule has 0 atom stereocenters. The first-order valence-electron chi connectivity index (χ1n) is 9.89. The average Bonchev–Trinajstić information content (AvgIpc) is 3.20. The first-order valence-corrected chi connectivity index (χ1v) is 8.39. The summed E-state index contributed by atoms with van der Waals surface area (Å²) >= 11 is 0. The molecule has 0 saturated heterocycles. The molecule has 3 aromatic heterocycles. The molecule has 0 spiro atoms. The molecule has 0 aromatic carbocycles. The van der Waals surface area contributed by atoms with E-state index in [4.69, 9.17) is 8.85 Å². The van der Waals surface area contributed by atoms with Gasteiger partial charge in [0.05, 0.1) is 18.1 Å². The van der Waals surface area contributed by atoms with Gasteiger partial charge < -0.3 is 4.74 Å². The number of amides is 3. The van der Waals surface area contributed by atoms with Gasteiger partial charge in [0, 0.05) is 41.0 Å². The van der Waals surface area contributed by atoms with Crippen molar-refractivity contribution in [3.05, 3.63) is 49.1 Å². The smallest absolute Gasteiger partial charge is 0.327 e. The molecule has 9 nitrogen and oxygen atoms in total. The van der Waals surface area contributed by atoms with Crippen LogP contribution in [0, 0.1) is 5.92 Å². The highest BCUT2D eigenvalue weighted by molar-refractivity contribution is 6.01. The van der Waals surface area contributed by atoms with Gasteiger partial charge in [-0.25, -0.2) is 9.78 Å². The first kappa shape index (κ1) is 15.3. The summed E-state index contributed by atoms with van der Waals surface area (Å²) in [5, 5.41) is 8.51. The molecule has 3 rings (SSSR count).